The van der Waals surface area contributed by atoms with Gasteiger partial charge in [0.2, 0.25) is 0 Å². The second-order valence-electron chi connectivity index (χ2n) is 8.24. The number of hydrogen-bond acceptors (Lipinski definition) is 6. The molecule has 6 nitrogen and oxygen atoms in total. The van der Waals surface area contributed by atoms with Crippen molar-refractivity contribution in [2.45, 2.75) is 12.3 Å². The lowest BCUT2D eigenvalue weighted by molar-refractivity contribution is -0.214. The first-order chi connectivity index (χ1) is 10.7. The maximum atomic E-state index is 12.2. The summed E-state index contributed by atoms with van der Waals surface area (Å²) in [5.74, 6) is 2.06. The largest absolute Gasteiger partial charge is 0.299 e. The highest BCUT2D eigenvalue weighted by molar-refractivity contribution is 5.87. The van der Waals surface area contributed by atoms with E-state index >= 15 is 0 Å². The molecule has 8 aliphatic heterocycles. The van der Waals surface area contributed by atoms with Crippen molar-refractivity contribution in [1.29, 1.82) is 0 Å². The molecule has 0 aliphatic carbocycles. The molecular weight excluding hydrogens is 280 g/mol. The number of nitrogens with zero attached hydrogens (tertiary/aromatic N) is 4. The Morgan fingerprint density at radius 2 is 0.727 bits per heavy atom. The van der Waals surface area contributed by atoms with E-state index in [1.165, 1.54) is 0 Å². The van der Waals surface area contributed by atoms with Crippen molar-refractivity contribution in [3.63, 3.8) is 0 Å². The van der Waals surface area contributed by atoms with E-state index in [1.807, 2.05) is 0 Å². The molecule has 0 amide bonds. The molecule has 0 spiro atoms. The SMILES string of the molecule is O=C1C2CN3CC1CN(C2)C3C1N2CC3CN1CC(C2)C3=O. The van der Waals surface area contributed by atoms with Gasteiger partial charge in [-0.1, -0.05) is 0 Å². The molecule has 0 atom stereocenters. The maximum Gasteiger partial charge on any atom is 0.144 e. The summed E-state index contributed by atoms with van der Waals surface area (Å²) in [6.45, 7) is 7.67. The van der Waals surface area contributed by atoms with E-state index in [0.29, 0.717) is 23.9 Å². The summed E-state index contributed by atoms with van der Waals surface area (Å²) >= 11 is 0. The second-order valence-corrected chi connectivity index (χ2v) is 8.24. The summed E-state index contributed by atoms with van der Waals surface area (Å²) in [7, 11) is 0. The average Bonchev–Trinajstić information content (AvgIpc) is 2.47. The Morgan fingerprint density at radius 3 is 0.955 bits per heavy atom. The van der Waals surface area contributed by atoms with Gasteiger partial charge in [-0.15, -0.1) is 0 Å². The van der Waals surface area contributed by atoms with Gasteiger partial charge in [0, 0.05) is 76.0 Å². The van der Waals surface area contributed by atoms with Crippen molar-refractivity contribution in [1.82, 2.24) is 19.6 Å². The Bertz CT molecular complexity index is 462. The van der Waals surface area contributed by atoms with Gasteiger partial charge in [-0.05, 0) is 0 Å². The summed E-state index contributed by atoms with van der Waals surface area (Å²) in [5.41, 5.74) is 0. The van der Waals surface area contributed by atoms with Gasteiger partial charge in [-0.2, -0.15) is 0 Å². The first-order valence-corrected chi connectivity index (χ1v) is 8.72. The molecular formula is C16H22N4O2. The number of hydrogen-bond donors (Lipinski definition) is 0. The van der Waals surface area contributed by atoms with Crippen molar-refractivity contribution >= 4 is 11.6 Å². The van der Waals surface area contributed by atoms with E-state index in [-0.39, 0.29) is 23.7 Å². The van der Waals surface area contributed by atoms with Crippen LogP contribution < -0.4 is 0 Å². The highest BCUT2D eigenvalue weighted by atomic mass is 16.1. The van der Waals surface area contributed by atoms with Gasteiger partial charge < -0.3 is 0 Å². The Balaban J connectivity index is 1.33. The molecule has 0 N–H and O–H groups in total. The van der Waals surface area contributed by atoms with Crippen LogP contribution in [0.5, 0.6) is 0 Å². The van der Waals surface area contributed by atoms with Crippen molar-refractivity contribution < 1.29 is 9.59 Å². The highest BCUT2D eigenvalue weighted by Gasteiger charge is 2.58. The zero-order valence-corrected chi connectivity index (χ0v) is 12.7. The van der Waals surface area contributed by atoms with E-state index in [0.717, 1.165) is 52.4 Å². The first kappa shape index (κ1) is 12.6. The number of piperidine rings is 4. The van der Waals surface area contributed by atoms with Crippen LogP contribution in [0.4, 0.5) is 0 Å². The average molecular weight is 302 g/mol. The van der Waals surface area contributed by atoms with Crippen molar-refractivity contribution in [3.05, 3.63) is 0 Å². The lowest BCUT2D eigenvalue weighted by Gasteiger charge is -2.65. The summed E-state index contributed by atoms with van der Waals surface area (Å²) < 4.78 is 0. The fraction of sp³-hybridized carbons (Fsp3) is 0.875. The van der Waals surface area contributed by atoms with Gasteiger partial charge in [-0.3, -0.25) is 29.2 Å². The van der Waals surface area contributed by atoms with E-state index in [1.54, 1.807) is 0 Å². The Morgan fingerprint density at radius 1 is 0.500 bits per heavy atom. The number of Topliss-reactive ketones (excluding diaryl/α,β-unsaturated/α-hetero) is 2. The van der Waals surface area contributed by atoms with Crippen LogP contribution in [0.15, 0.2) is 0 Å². The normalized spacial score (nSPS) is 61.3. The molecule has 118 valence electrons. The molecule has 8 bridgehead atoms. The maximum absolute atomic E-state index is 12.2. The van der Waals surface area contributed by atoms with E-state index < -0.39 is 0 Å². The standard InChI is InChI=1S/C16H22N4O2/c21-13-9-1-17-3-10(13)4-18(2-9)15(17)16-19-5-11-6-20(16)8-12(7-19)14(11)22/h9-12,15-16H,1-8H2. The summed E-state index contributed by atoms with van der Waals surface area (Å²) in [6.07, 6.45) is 0.881. The third-order valence-corrected chi connectivity index (χ3v) is 7.01. The number of fused-ring (bicyclic) bond motifs is 1. The third-order valence-electron chi connectivity index (χ3n) is 7.01. The monoisotopic (exact) mass is 302 g/mol. The Kier molecular flexibility index (Phi) is 2.28. The zero-order valence-electron chi connectivity index (χ0n) is 12.7. The van der Waals surface area contributed by atoms with Gasteiger partial charge in [0.05, 0.1) is 12.3 Å². The van der Waals surface area contributed by atoms with Crippen molar-refractivity contribution in [2.24, 2.45) is 23.7 Å². The zero-order chi connectivity index (χ0) is 14.6. The molecule has 0 saturated carbocycles. The lowest BCUT2D eigenvalue weighted by atomic mass is 9.76. The van der Waals surface area contributed by atoms with Gasteiger partial charge in [0.15, 0.2) is 0 Å². The molecule has 8 heterocycles. The quantitative estimate of drug-likeness (QED) is 0.589. The molecule has 6 heteroatoms. The second kappa shape index (κ2) is 3.98. The van der Waals surface area contributed by atoms with Crippen LogP contribution in [0.3, 0.4) is 0 Å². The molecule has 8 rings (SSSR count). The fourth-order valence-corrected chi connectivity index (χ4v) is 6.26. The van der Waals surface area contributed by atoms with Gasteiger partial charge in [0.1, 0.15) is 11.6 Å². The van der Waals surface area contributed by atoms with Crippen molar-refractivity contribution in [2.75, 3.05) is 52.4 Å². The highest BCUT2D eigenvalue weighted by Crippen LogP contribution is 2.42. The van der Waals surface area contributed by atoms with Crippen LogP contribution >= 0.6 is 0 Å². The fourth-order valence-electron chi connectivity index (χ4n) is 6.26. The van der Waals surface area contributed by atoms with Gasteiger partial charge in [0.25, 0.3) is 0 Å². The van der Waals surface area contributed by atoms with Crippen LogP contribution in [0, 0.1) is 23.7 Å². The Labute approximate surface area is 130 Å². The molecule has 0 radical (unpaired) electrons. The van der Waals surface area contributed by atoms with Crippen LogP contribution in [0.25, 0.3) is 0 Å². The van der Waals surface area contributed by atoms with E-state index in [4.69, 9.17) is 0 Å². The van der Waals surface area contributed by atoms with Crippen LogP contribution in [0.1, 0.15) is 0 Å². The van der Waals surface area contributed by atoms with Gasteiger partial charge >= 0.3 is 0 Å². The number of carbonyl (C=O) groups excluding carboxylic acids is 2. The minimum absolute atomic E-state index is 0.257. The molecule has 22 heavy (non-hydrogen) atoms. The van der Waals surface area contributed by atoms with E-state index in [9.17, 15) is 9.59 Å². The van der Waals surface area contributed by atoms with Crippen molar-refractivity contribution in [3.8, 4) is 0 Å². The molecule has 0 aromatic carbocycles. The lowest BCUT2D eigenvalue weighted by Crippen LogP contribution is -2.81. The third kappa shape index (κ3) is 1.40. The molecule has 0 unspecified atom stereocenters. The van der Waals surface area contributed by atoms with Crippen LogP contribution in [-0.4, -0.2) is 95.9 Å². The number of rotatable bonds is 1. The molecule has 8 aliphatic rings. The predicted octanol–water partition coefficient (Wildman–Crippen LogP) is -1.47. The molecule has 8 saturated heterocycles. The molecule has 8 fully saturated rings. The first-order valence-electron chi connectivity index (χ1n) is 8.72. The van der Waals surface area contributed by atoms with Gasteiger partial charge in [-0.25, -0.2) is 0 Å². The number of ketones is 2. The summed E-state index contributed by atoms with van der Waals surface area (Å²) in [6, 6.07) is 0. The van der Waals surface area contributed by atoms with Crippen LogP contribution in [0.2, 0.25) is 0 Å². The predicted molar refractivity (Wildman–Crippen MR) is 77.8 cm³/mol. The van der Waals surface area contributed by atoms with E-state index in [2.05, 4.69) is 19.6 Å². The summed E-state index contributed by atoms with van der Waals surface area (Å²) in [5, 5.41) is 0. The summed E-state index contributed by atoms with van der Waals surface area (Å²) in [4.78, 5) is 34.7. The van der Waals surface area contributed by atoms with Crippen LogP contribution in [-0.2, 0) is 9.59 Å². The minimum atomic E-state index is 0.257. The number of carbonyl (C=O) groups is 2. The molecule has 0 aromatic rings. The minimum Gasteiger partial charge on any atom is -0.299 e. The smallest absolute Gasteiger partial charge is 0.144 e. The topological polar surface area (TPSA) is 47.1 Å². The Hall–Kier alpha value is -0.820. The molecule has 0 aromatic heterocycles.